The zero-order chi connectivity index (χ0) is 11.1. The van der Waals surface area contributed by atoms with E-state index in [4.69, 9.17) is 0 Å². The Morgan fingerprint density at radius 2 is 2.38 bits per heavy atom. The lowest BCUT2D eigenvalue weighted by atomic mass is 10.3. The second-order valence-electron chi connectivity index (χ2n) is 3.50. The quantitative estimate of drug-likeness (QED) is 0.689. The second-order valence-corrected chi connectivity index (χ2v) is 3.50. The molecule has 0 amide bonds. The van der Waals surface area contributed by atoms with Crippen molar-refractivity contribution in [1.82, 2.24) is 25.0 Å². The van der Waals surface area contributed by atoms with E-state index in [0.29, 0.717) is 0 Å². The van der Waals surface area contributed by atoms with Crippen LogP contribution in [-0.4, -0.2) is 32.8 Å². The van der Waals surface area contributed by atoms with Crippen LogP contribution in [0.1, 0.15) is 12.2 Å². The van der Waals surface area contributed by atoms with Crippen LogP contribution >= 0.6 is 0 Å². The van der Waals surface area contributed by atoms with Crippen LogP contribution in [0.15, 0.2) is 29.6 Å². The van der Waals surface area contributed by atoms with E-state index in [2.05, 4.69) is 29.5 Å². The standard InChI is InChI=1S/C10H15N5O/c1(6-15-7-5-12-8-15)3-11-4-2-10-13-9-16-14-10/h5,7-9,11H,1-4,6H2. The minimum Gasteiger partial charge on any atom is -0.343 e. The van der Waals surface area contributed by atoms with E-state index in [9.17, 15) is 0 Å². The molecule has 1 N–H and O–H groups in total. The number of nitrogens with zero attached hydrogens (tertiary/aromatic N) is 4. The maximum Gasteiger partial charge on any atom is 0.213 e. The van der Waals surface area contributed by atoms with Gasteiger partial charge in [0.05, 0.1) is 6.33 Å². The van der Waals surface area contributed by atoms with Gasteiger partial charge in [0, 0.05) is 31.9 Å². The molecule has 0 aliphatic carbocycles. The second kappa shape index (κ2) is 6.02. The molecule has 0 saturated heterocycles. The molecule has 0 aliphatic rings. The topological polar surface area (TPSA) is 68.8 Å². The van der Waals surface area contributed by atoms with E-state index in [0.717, 1.165) is 38.3 Å². The summed E-state index contributed by atoms with van der Waals surface area (Å²) in [6, 6.07) is 0. The van der Waals surface area contributed by atoms with Crippen molar-refractivity contribution in [2.24, 2.45) is 0 Å². The van der Waals surface area contributed by atoms with Crippen molar-refractivity contribution in [3.05, 3.63) is 30.9 Å². The Kier molecular flexibility index (Phi) is 4.07. The molecule has 16 heavy (non-hydrogen) atoms. The molecule has 6 heteroatoms. The molecule has 0 saturated carbocycles. The summed E-state index contributed by atoms with van der Waals surface area (Å²) in [7, 11) is 0. The zero-order valence-electron chi connectivity index (χ0n) is 9.04. The fraction of sp³-hybridized carbons (Fsp3) is 0.500. The Balaban J connectivity index is 1.49. The van der Waals surface area contributed by atoms with Crippen LogP contribution < -0.4 is 5.32 Å². The molecule has 0 bridgehead atoms. The SMILES string of the molecule is c1cn(CCCNCCc2ncon2)cn1. The van der Waals surface area contributed by atoms with Crippen LogP contribution in [0.4, 0.5) is 0 Å². The van der Waals surface area contributed by atoms with Gasteiger partial charge in [0.1, 0.15) is 0 Å². The third-order valence-corrected chi connectivity index (χ3v) is 2.26. The summed E-state index contributed by atoms with van der Waals surface area (Å²) in [5, 5.41) is 7.07. The summed E-state index contributed by atoms with van der Waals surface area (Å²) in [5.74, 6) is 0.752. The molecule has 6 nitrogen and oxygen atoms in total. The molecule has 0 aromatic carbocycles. The summed E-state index contributed by atoms with van der Waals surface area (Å²) < 4.78 is 6.71. The monoisotopic (exact) mass is 221 g/mol. The van der Waals surface area contributed by atoms with Gasteiger partial charge in [0.25, 0.3) is 0 Å². The molecule has 2 heterocycles. The summed E-state index contributed by atoms with van der Waals surface area (Å²) in [6.45, 7) is 2.86. The highest BCUT2D eigenvalue weighted by Gasteiger charge is 1.97. The van der Waals surface area contributed by atoms with E-state index in [-0.39, 0.29) is 0 Å². The van der Waals surface area contributed by atoms with E-state index in [1.807, 2.05) is 12.5 Å². The van der Waals surface area contributed by atoms with Crippen LogP contribution in [0.3, 0.4) is 0 Å². The lowest BCUT2D eigenvalue weighted by molar-refractivity contribution is 0.409. The Hall–Kier alpha value is -1.69. The minimum atomic E-state index is 0.752. The molecule has 0 aliphatic heterocycles. The van der Waals surface area contributed by atoms with Crippen LogP contribution in [0.5, 0.6) is 0 Å². The van der Waals surface area contributed by atoms with Gasteiger partial charge >= 0.3 is 0 Å². The van der Waals surface area contributed by atoms with Gasteiger partial charge in [-0.2, -0.15) is 4.98 Å². The molecular weight excluding hydrogens is 206 g/mol. The molecule has 0 radical (unpaired) electrons. The smallest absolute Gasteiger partial charge is 0.213 e. The fourth-order valence-electron chi connectivity index (χ4n) is 1.43. The van der Waals surface area contributed by atoms with Crippen molar-refractivity contribution in [1.29, 1.82) is 0 Å². The van der Waals surface area contributed by atoms with Crippen LogP contribution in [0.25, 0.3) is 0 Å². The predicted octanol–water partition coefficient (Wildman–Crippen LogP) is 0.488. The van der Waals surface area contributed by atoms with Crippen molar-refractivity contribution in [2.45, 2.75) is 19.4 Å². The average molecular weight is 221 g/mol. The van der Waals surface area contributed by atoms with E-state index < -0.39 is 0 Å². The van der Waals surface area contributed by atoms with Gasteiger partial charge in [-0.3, -0.25) is 0 Å². The lowest BCUT2D eigenvalue weighted by Gasteiger charge is -2.03. The number of aryl methyl sites for hydroxylation is 1. The van der Waals surface area contributed by atoms with Crippen LogP contribution in [-0.2, 0) is 13.0 Å². The highest BCUT2D eigenvalue weighted by molar-refractivity contribution is 4.78. The molecule has 86 valence electrons. The first-order valence-electron chi connectivity index (χ1n) is 5.37. The number of rotatable bonds is 7. The van der Waals surface area contributed by atoms with E-state index >= 15 is 0 Å². The summed E-state index contributed by atoms with van der Waals surface area (Å²) >= 11 is 0. The van der Waals surface area contributed by atoms with Crippen LogP contribution in [0, 0.1) is 0 Å². The van der Waals surface area contributed by atoms with Gasteiger partial charge in [0.15, 0.2) is 5.82 Å². The maximum absolute atomic E-state index is 4.64. The maximum atomic E-state index is 4.64. The van der Waals surface area contributed by atoms with Gasteiger partial charge in [-0.05, 0) is 13.0 Å². The zero-order valence-corrected chi connectivity index (χ0v) is 9.04. The third kappa shape index (κ3) is 3.47. The Labute approximate surface area is 93.7 Å². The van der Waals surface area contributed by atoms with Crippen molar-refractivity contribution in [3.8, 4) is 0 Å². The molecule has 2 aromatic rings. The molecule has 2 aromatic heterocycles. The van der Waals surface area contributed by atoms with E-state index in [1.54, 1.807) is 6.20 Å². The van der Waals surface area contributed by atoms with Crippen molar-refractivity contribution < 1.29 is 4.52 Å². The summed E-state index contributed by atoms with van der Waals surface area (Å²) in [4.78, 5) is 7.93. The normalized spacial score (nSPS) is 10.8. The first-order chi connectivity index (χ1) is 7.95. The number of hydrogen-bond acceptors (Lipinski definition) is 5. The van der Waals surface area contributed by atoms with Gasteiger partial charge in [-0.1, -0.05) is 5.16 Å². The van der Waals surface area contributed by atoms with Gasteiger partial charge in [-0.15, -0.1) is 0 Å². The minimum absolute atomic E-state index is 0.752. The molecular formula is C10H15N5O. The largest absolute Gasteiger partial charge is 0.343 e. The number of aromatic nitrogens is 4. The third-order valence-electron chi connectivity index (χ3n) is 2.26. The Bertz CT molecular complexity index is 332. The first kappa shape index (κ1) is 10.8. The van der Waals surface area contributed by atoms with Crippen molar-refractivity contribution >= 4 is 0 Å². The van der Waals surface area contributed by atoms with Crippen LogP contribution in [0.2, 0.25) is 0 Å². The molecule has 0 spiro atoms. The fourth-order valence-corrected chi connectivity index (χ4v) is 1.43. The molecule has 0 unspecified atom stereocenters. The van der Waals surface area contributed by atoms with Crippen molar-refractivity contribution in [3.63, 3.8) is 0 Å². The first-order valence-corrected chi connectivity index (χ1v) is 5.37. The van der Waals surface area contributed by atoms with Gasteiger partial charge in [-0.25, -0.2) is 4.98 Å². The highest BCUT2D eigenvalue weighted by Crippen LogP contribution is 1.90. The average Bonchev–Trinajstić information content (AvgIpc) is 2.96. The Morgan fingerprint density at radius 1 is 1.38 bits per heavy atom. The Morgan fingerprint density at radius 3 is 3.12 bits per heavy atom. The van der Waals surface area contributed by atoms with Crippen molar-refractivity contribution in [2.75, 3.05) is 13.1 Å². The van der Waals surface area contributed by atoms with Gasteiger partial charge < -0.3 is 14.4 Å². The van der Waals surface area contributed by atoms with Gasteiger partial charge in [0.2, 0.25) is 6.39 Å². The summed E-state index contributed by atoms with van der Waals surface area (Å²) in [5.41, 5.74) is 0. The molecule has 0 atom stereocenters. The lowest BCUT2D eigenvalue weighted by Crippen LogP contribution is -2.20. The number of imidazole rings is 1. The number of nitrogens with one attached hydrogen (secondary N) is 1. The summed E-state index contributed by atoms with van der Waals surface area (Å²) in [6.07, 6.45) is 8.85. The molecule has 2 rings (SSSR count). The van der Waals surface area contributed by atoms with E-state index in [1.165, 1.54) is 6.39 Å². The number of hydrogen-bond donors (Lipinski definition) is 1. The predicted molar refractivity (Wildman–Crippen MR) is 57.7 cm³/mol. The molecule has 0 fully saturated rings. The highest BCUT2D eigenvalue weighted by atomic mass is 16.5.